The largest absolute Gasteiger partial charge is 0.369 e. The molecular formula is C20H25N7. The highest BCUT2D eigenvalue weighted by Crippen LogP contribution is 2.40. The molecular weight excluding hydrogens is 338 g/mol. The summed E-state index contributed by atoms with van der Waals surface area (Å²) in [6, 6.07) is 8.47. The Morgan fingerprint density at radius 3 is 2.74 bits per heavy atom. The molecule has 2 aromatic rings. The molecule has 7 heteroatoms. The van der Waals surface area contributed by atoms with Gasteiger partial charge in [0.1, 0.15) is 11.5 Å². The van der Waals surface area contributed by atoms with Crippen LogP contribution in [-0.4, -0.2) is 27.1 Å². The van der Waals surface area contributed by atoms with E-state index in [1.807, 2.05) is 6.20 Å². The predicted octanol–water partition coefficient (Wildman–Crippen LogP) is 2.61. The number of aromatic nitrogens is 2. The van der Waals surface area contributed by atoms with Gasteiger partial charge in [-0.05, 0) is 44.2 Å². The highest BCUT2D eigenvalue weighted by Gasteiger charge is 2.42. The topological polar surface area (TPSA) is 97.8 Å². The molecule has 0 atom stereocenters. The van der Waals surface area contributed by atoms with Crippen LogP contribution in [0.1, 0.15) is 44.3 Å². The number of aliphatic imine (C=N–C) groups is 2. The molecule has 1 aliphatic carbocycles. The van der Waals surface area contributed by atoms with Crippen molar-refractivity contribution in [2.24, 2.45) is 21.5 Å². The molecule has 3 heterocycles. The summed E-state index contributed by atoms with van der Waals surface area (Å²) >= 11 is 0. The summed E-state index contributed by atoms with van der Waals surface area (Å²) in [5.41, 5.74) is 15.3. The highest BCUT2D eigenvalue weighted by molar-refractivity contribution is 6.05. The standard InChI is InChI=1S/C20H25N7/c21-18-24-19(22)27(20(25-18)9-2-1-3-10-20)15-7-4-6-14(12-15)16-13-23-17-8-5-11-26(16)17/h4,6-7,12-13H,1-3,5,8-11H2,(H4,21,22,24,25). The number of nitrogens with zero attached hydrogens (tertiary/aromatic N) is 5. The Morgan fingerprint density at radius 1 is 1.04 bits per heavy atom. The monoisotopic (exact) mass is 363 g/mol. The maximum absolute atomic E-state index is 6.36. The van der Waals surface area contributed by atoms with Crippen molar-refractivity contribution in [2.75, 3.05) is 4.90 Å². The van der Waals surface area contributed by atoms with Gasteiger partial charge in [0.15, 0.2) is 0 Å². The summed E-state index contributed by atoms with van der Waals surface area (Å²) in [5, 5.41) is 0. The maximum atomic E-state index is 6.36. The van der Waals surface area contributed by atoms with Crippen LogP contribution in [0.25, 0.3) is 11.3 Å². The van der Waals surface area contributed by atoms with Crippen molar-refractivity contribution in [3.8, 4) is 11.3 Å². The van der Waals surface area contributed by atoms with Crippen LogP contribution < -0.4 is 16.4 Å². The molecule has 7 nitrogen and oxygen atoms in total. The van der Waals surface area contributed by atoms with Crippen molar-refractivity contribution >= 4 is 17.6 Å². The Morgan fingerprint density at radius 2 is 1.89 bits per heavy atom. The predicted molar refractivity (Wildman–Crippen MR) is 108 cm³/mol. The molecule has 0 amide bonds. The molecule has 1 aromatic heterocycles. The Bertz CT molecular complexity index is 934. The van der Waals surface area contributed by atoms with E-state index in [1.54, 1.807) is 0 Å². The first-order valence-corrected chi connectivity index (χ1v) is 9.81. The average Bonchev–Trinajstić information content (AvgIpc) is 3.25. The average molecular weight is 363 g/mol. The van der Waals surface area contributed by atoms with Gasteiger partial charge in [-0.1, -0.05) is 18.6 Å². The van der Waals surface area contributed by atoms with E-state index >= 15 is 0 Å². The fourth-order valence-corrected chi connectivity index (χ4v) is 4.79. The van der Waals surface area contributed by atoms with Gasteiger partial charge >= 0.3 is 0 Å². The summed E-state index contributed by atoms with van der Waals surface area (Å²) in [7, 11) is 0. The third kappa shape index (κ3) is 2.60. The van der Waals surface area contributed by atoms with Crippen LogP contribution in [0.2, 0.25) is 0 Å². The Labute approximate surface area is 158 Å². The summed E-state index contributed by atoms with van der Waals surface area (Å²) < 4.78 is 2.32. The number of aryl methyl sites for hydroxylation is 1. The Kier molecular flexibility index (Phi) is 3.70. The van der Waals surface area contributed by atoms with Gasteiger partial charge in [0, 0.05) is 24.2 Å². The van der Waals surface area contributed by atoms with Gasteiger partial charge in [-0.15, -0.1) is 0 Å². The van der Waals surface area contributed by atoms with E-state index < -0.39 is 5.66 Å². The van der Waals surface area contributed by atoms with Crippen LogP contribution in [0, 0.1) is 0 Å². The van der Waals surface area contributed by atoms with Gasteiger partial charge in [-0.2, -0.15) is 4.99 Å². The first-order chi connectivity index (χ1) is 13.2. The first-order valence-electron chi connectivity index (χ1n) is 9.81. The van der Waals surface area contributed by atoms with E-state index in [1.165, 1.54) is 18.7 Å². The molecule has 5 rings (SSSR count). The number of benzene rings is 1. The zero-order chi connectivity index (χ0) is 18.4. The summed E-state index contributed by atoms with van der Waals surface area (Å²) in [6.45, 7) is 1.03. The van der Waals surface area contributed by atoms with Crippen LogP contribution >= 0.6 is 0 Å². The van der Waals surface area contributed by atoms with Crippen LogP contribution in [0.3, 0.4) is 0 Å². The minimum Gasteiger partial charge on any atom is -0.369 e. The van der Waals surface area contributed by atoms with E-state index in [0.29, 0.717) is 5.96 Å². The zero-order valence-corrected chi connectivity index (χ0v) is 15.4. The van der Waals surface area contributed by atoms with Gasteiger partial charge in [-0.3, -0.25) is 4.90 Å². The van der Waals surface area contributed by atoms with Crippen LogP contribution in [0.15, 0.2) is 40.4 Å². The van der Waals surface area contributed by atoms with Crippen molar-refractivity contribution in [1.29, 1.82) is 0 Å². The lowest BCUT2D eigenvalue weighted by Crippen LogP contribution is -2.58. The normalized spacial score (nSPS) is 21.1. The van der Waals surface area contributed by atoms with Crippen molar-refractivity contribution in [3.63, 3.8) is 0 Å². The summed E-state index contributed by atoms with van der Waals surface area (Å²) in [6.07, 6.45) is 9.55. The molecule has 0 radical (unpaired) electrons. The second-order valence-electron chi connectivity index (χ2n) is 7.68. The molecule has 1 saturated carbocycles. The molecule has 3 aliphatic rings. The lowest BCUT2D eigenvalue weighted by molar-refractivity contribution is 0.305. The quantitative estimate of drug-likeness (QED) is 0.857. The van der Waals surface area contributed by atoms with E-state index in [2.05, 4.69) is 43.7 Å². The number of imidazole rings is 1. The zero-order valence-electron chi connectivity index (χ0n) is 15.4. The third-order valence-electron chi connectivity index (χ3n) is 5.97. The van der Waals surface area contributed by atoms with Crippen LogP contribution in [-0.2, 0) is 13.0 Å². The maximum Gasteiger partial charge on any atom is 0.220 e. The van der Waals surface area contributed by atoms with Crippen molar-refractivity contribution in [3.05, 3.63) is 36.3 Å². The Hall–Kier alpha value is -2.83. The lowest BCUT2D eigenvalue weighted by atomic mass is 9.87. The van der Waals surface area contributed by atoms with Gasteiger partial charge in [-0.25, -0.2) is 9.98 Å². The molecule has 1 aromatic carbocycles. The molecule has 0 bridgehead atoms. The summed E-state index contributed by atoms with van der Waals surface area (Å²) in [4.78, 5) is 15.7. The van der Waals surface area contributed by atoms with E-state index in [4.69, 9.17) is 16.5 Å². The van der Waals surface area contributed by atoms with Gasteiger partial charge in [0.25, 0.3) is 0 Å². The molecule has 140 valence electrons. The van der Waals surface area contributed by atoms with Crippen molar-refractivity contribution < 1.29 is 0 Å². The minimum atomic E-state index is -0.411. The van der Waals surface area contributed by atoms with E-state index in [0.717, 1.165) is 55.6 Å². The highest BCUT2D eigenvalue weighted by atomic mass is 15.4. The van der Waals surface area contributed by atoms with Gasteiger partial charge < -0.3 is 16.0 Å². The van der Waals surface area contributed by atoms with Crippen molar-refractivity contribution in [2.45, 2.75) is 57.2 Å². The minimum absolute atomic E-state index is 0.287. The van der Waals surface area contributed by atoms with Crippen molar-refractivity contribution in [1.82, 2.24) is 9.55 Å². The van der Waals surface area contributed by atoms with E-state index in [-0.39, 0.29) is 5.96 Å². The number of rotatable bonds is 2. The number of hydrogen-bond acceptors (Lipinski definition) is 6. The number of anilines is 1. The fraction of sp³-hybridized carbons (Fsp3) is 0.450. The molecule has 0 saturated heterocycles. The number of fused-ring (bicyclic) bond motifs is 1. The molecule has 0 unspecified atom stereocenters. The smallest absolute Gasteiger partial charge is 0.220 e. The Balaban J connectivity index is 1.58. The third-order valence-corrected chi connectivity index (χ3v) is 5.97. The number of nitrogens with two attached hydrogens (primary N) is 2. The molecule has 27 heavy (non-hydrogen) atoms. The van der Waals surface area contributed by atoms with Gasteiger partial charge in [0.2, 0.25) is 11.9 Å². The molecule has 1 spiro atoms. The fourth-order valence-electron chi connectivity index (χ4n) is 4.79. The van der Waals surface area contributed by atoms with Crippen LogP contribution in [0.5, 0.6) is 0 Å². The lowest BCUT2D eigenvalue weighted by Gasteiger charge is -2.45. The second kappa shape index (κ2) is 6.11. The number of guanidine groups is 2. The molecule has 4 N–H and O–H groups in total. The molecule has 1 fully saturated rings. The van der Waals surface area contributed by atoms with E-state index in [9.17, 15) is 0 Å². The molecule has 2 aliphatic heterocycles. The van der Waals surface area contributed by atoms with Gasteiger partial charge in [0.05, 0.1) is 11.9 Å². The second-order valence-corrected chi connectivity index (χ2v) is 7.68. The first kappa shape index (κ1) is 16.4. The SMILES string of the molecule is NC1=NC2(CCCCC2)N(c2cccc(-c3cnc4n3CCC4)c2)C(N)=N1. The number of hydrogen-bond donors (Lipinski definition) is 2. The van der Waals surface area contributed by atoms with Crippen LogP contribution in [0.4, 0.5) is 5.69 Å². The summed E-state index contributed by atoms with van der Waals surface area (Å²) in [5.74, 6) is 1.89.